The van der Waals surface area contributed by atoms with Gasteiger partial charge >= 0.3 is 0 Å². The van der Waals surface area contributed by atoms with Crippen molar-refractivity contribution in [1.29, 1.82) is 0 Å². The molecule has 7 heteroatoms. The molecule has 2 aliphatic rings. The van der Waals surface area contributed by atoms with Crippen LogP contribution in [0.15, 0.2) is 42.2 Å². The van der Waals surface area contributed by atoms with E-state index in [4.69, 9.17) is 11.6 Å². The van der Waals surface area contributed by atoms with Crippen LogP contribution in [0, 0.1) is 12.3 Å². The van der Waals surface area contributed by atoms with Crippen molar-refractivity contribution in [1.82, 2.24) is 0 Å². The number of Topliss-reactive ketones (excluding diaryl/α,β-unsaturated/α-hetero) is 1. The largest absolute Gasteiger partial charge is 0.511 e. The molecule has 170 valence electrons. The number of benzene rings is 2. The highest BCUT2D eigenvalue weighted by Crippen LogP contribution is 2.52. The molecule has 1 spiro atoms. The van der Waals surface area contributed by atoms with E-state index in [1.807, 2.05) is 19.1 Å². The highest BCUT2D eigenvalue weighted by Gasteiger charge is 2.46. The smallest absolute Gasteiger partial charge is 0.229 e. The molecule has 0 unspecified atom stereocenters. The summed E-state index contributed by atoms with van der Waals surface area (Å²) in [4.78, 5) is 13.0. The predicted octanol–water partition coefficient (Wildman–Crippen LogP) is 6.27. The summed E-state index contributed by atoms with van der Waals surface area (Å²) in [6.07, 6.45) is 7.51. The third-order valence-corrected chi connectivity index (χ3v) is 7.56. The summed E-state index contributed by atoms with van der Waals surface area (Å²) >= 11 is 6.64. The molecular formula is C25H28ClNO4S. The molecule has 0 atom stereocenters. The Bertz CT molecular complexity index is 1210. The van der Waals surface area contributed by atoms with Gasteiger partial charge in [-0.25, -0.2) is 8.42 Å². The maximum atomic E-state index is 13.0. The number of rotatable bonds is 4. The lowest BCUT2D eigenvalue weighted by Gasteiger charge is -2.27. The molecule has 0 saturated heterocycles. The second-order valence-corrected chi connectivity index (χ2v) is 11.3. The Labute approximate surface area is 194 Å². The topological polar surface area (TPSA) is 83.5 Å². The summed E-state index contributed by atoms with van der Waals surface area (Å²) in [5, 5.41) is 11.7. The van der Waals surface area contributed by atoms with E-state index >= 15 is 0 Å². The monoisotopic (exact) mass is 473 g/mol. The van der Waals surface area contributed by atoms with Gasteiger partial charge in [-0.15, -0.1) is 0 Å². The Balaban J connectivity index is 1.75. The van der Waals surface area contributed by atoms with Crippen LogP contribution in [0.5, 0.6) is 0 Å². The van der Waals surface area contributed by atoms with Crippen molar-refractivity contribution in [2.45, 2.75) is 51.9 Å². The van der Waals surface area contributed by atoms with Crippen molar-refractivity contribution >= 4 is 38.7 Å². The summed E-state index contributed by atoms with van der Waals surface area (Å²) < 4.78 is 25.6. The lowest BCUT2D eigenvalue weighted by atomic mass is 9.78. The van der Waals surface area contributed by atoms with E-state index in [1.54, 1.807) is 24.3 Å². The first kappa shape index (κ1) is 22.9. The molecule has 0 amide bonds. The normalized spacial score (nSPS) is 18.8. The number of ketones is 1. The lowest BCUT2D eigenvalue weighted by molar-refractivity contribution is -0.114. The number of hydrogen-bond acceptors (Lipinski definition) is 4. The highest BCUT2D eigenvalue weighted by atomic mass is 35.5. The predicted molar refractivity (Wildman–Crippen MR) is 129 cm³/mol. The minimum Gasteiger partial charge on any atom is -0.511 e. The first-order chi connectivity index (χ1) is 15.1. The first-order valence-electron chi connectivity index (χ1n) is 11.0. The first-order valence-corrected chi connectivity index (χ1v) is 13.2. The van der Waals surface area contributed by atoms with Gasteiger partial charge in [-0.1, -0.05) is 49.4 Å². The van der Waals surface area contributed by atoms with Crippen molar-refractivity contribution in [3.05, 3.63) is 58.3 Å². The van der Waals surface area contributed by atoms with Gasteiger partial charge < -0.3 is 5.11 Å². The molecule has 2 aromatic carbocycles. The third-order valence-electron chi connectivity index (χ3n) is 6.64. The number of carbonyl (C=O) groups excluding carboxylic acids is 1. The van der Waals surface area contributed by atoms with Crippen LogP contribution in [0.25, 0.3) is 16.7 Å². The standard InChI is InChI=1S/C25H28ClNO4S/c1-16-12-20(17-8-7-9-18(13-17)27-32(2,30)31)21(26)14-19(16)23-22(28)15-25(24(23)29)10-5-3-4-6-11-25/h7-9,12-14,27,29H,3-6,10-11,15H2,1-2H3. The number of carbonyl (C=O) groups is 1. The number of aryl methyl sites for hydroxylation is 1. The van der Waals surface area contributed by atoms with E-state index in [1.165, 1.54) is 0 Å². The van der Waals surface area contributed by atoms with Gasteiger partial charge in [-0.05, 0) is 60.7 Å². The number of aliphatic hydroxyl groups is 1. The van der Waals surface area contributed by atoms with Crippen LogP contribution >= 0.6 is 11.6 Å². The quantitative estimate of drug-likeness (QED) is 0.548. The van der Waals surface area contributed by atoms with E-state index in [-0.39, 0.29) is 11.5 Å². The van der Waals surface area contributed by atoms with Gasteiger partial charge in [-0.3, -0.25) is 9.52 Å². The number of sulfonamides is 1. The maximum Gasteiger partial charge on any atom is 0.229 e. The minimum atomic E-state index is -3.40. The van der Waals surface area contributed by atoms with E-state index in [0.717, 1.165) is 61.5 Å². The molecule has 0 heterocycles. The second-order valence-electron chi connectivity index (χ2n) is 9.12. The third kappa shape index (κ3) is 4.44. The molecule has 1 saturated carbocycles. The molecule has 0 bridgehead atoms. The van der Waals surface area contributed by atoms with Crippen LogP contribution in [0.4, 0.5) is 5.69 Å². The summed E-state index contributed by atoms with van der Waals surface area (Å²) in [6.45, 7) is 1.90. The number of halogens is 1. The fourth-order valence-corrected chi connectivity index (χ4v) is 5.94. The molecule has 2 aromatic rings. The Kier molecular flexibility index (Phi) is 6.12. The second kappa shape index (κ2) is 8.56. The molecule has 2 N–H and O–H groups in total. The lowest BCUT2D eigenvalue weighted by Crippen LogP contribution is -2.20. The summed E-state index contributed by atoms with van der Waals surface area (Å²) in [6, 6.07) is 10.6. The molecule has 4 rings (SSSR count). The average molecular weight is 474 g/mol. The van der Waals surface area contributed by atoms with Crippen LogP contribution in [-0.4, -0.2) is 25.6 Å². The van der Waals surface area contributed by atoms with E-state index < -0.39 is 15.4 Å². The maximum absolute atomic E-state index is 13.0. The van der Waals surface area contributed by atoms with Gasteiger partial charge in [-0.2, -0.15) is 0 Å². The molecule has 2 aliphatic carbocycles. The highest BCUT2D eigenvalue weighted by molar-refractivity contribution is 7.92. The summed E-state index contributed by atoms with van der Waals surface area (Å²) in [5.74, 6) is 0.214. The van der Waals surface area contributed by atoms with Gasteiger partial charge in [0.05, 0.1) is 11.8 Å². The van der Waals surface area contributed by atoms with Crippen molar-refractivity contribution in [3.63, 3.8) is 0 Å². The number of hydrogen-bond donors (Lipinski definition) is 2. The van der Waals surface area contributed by atoms with Gasteiger partial charge in [0.25, 0.3) is 0 Å². The fourth-order valence-electron chi connectivity index (χ4n) is 5.11. The molecule has 32 heavy (non-hydrogen) atoms. The van der Waals surface area contributed by atoms with Gasteiger partial charge in [0, 0.05) is 28.1 Å². The number of allylic oxidation sites excluding steroid dienone is 2. The van der Waals surface area contributed by atoms with Crippen LogP contribution in [0.2, 0.25) is 5.02 Å². The molecular weight excluding hydrogens is 446 g/mol. The molecule has 0 aromatic heterocycles. The Hall–Kier alpha value is -2.31. The summed E-state index contributed by atoms with van der Waals surface area (Å²) in [7, 11) is -3.40. The fraction of sp³-hybridized carbons (Fsp3) is 0.400. The molecule has 0 aliphatic heterocycles. The number of anilines is 1. The van der Waals surface area contributed by atoms with Crippen molar-refractivity contribution < 1.29 is 18.3 Å². The van der Waals surface area contributed by atoms with Gasteiger partial charge in [0.1, 0.15) is 5.76 Å². The number of nitrogens with one attached hydrogen (secondary N) is 1. The minimum absolute atomic E-state index is 0.0179. The van der Waals surface area contributed by atoms with Crippen LogP contribution in [0.3, 0.4) is 0 Å². The van der Waals surface area contributed by atoms with E-state index in [0.29, 0.717) is 28.3 Å². The van der Waals surface area contributed by atoms with E-state index in [2.05, 4.69) is 4.72 Å². The number of aliphatic hydroxyl groups excluding tert-OH is 1. The summed E-state index contributed by atoms with van der Waals surface area (Å²) in [5.41, 5.74) is 3.44. The van der Waals surface area contributed by atoms with Crippen molar-refractivity contribution in [2.75, 3.05) is 11.0 Å². The van der Waals surface area contributed by atoms with Crippen LogP contribution in [-0.2, 0) is 14.8 Å². The molecule has 1 fully saturated rings. The van der Waals surface area contributed by atoms with E-state index in [9.17, 15) is 18.3 Å². The van der Waals surface area contributed by atoms with Crippen LogP contribution < -0.4 is 4.72 Å². The average Bonchev–Trinajstić information content (AvgIpc) is 2.86. The zero-order valence-corrected chi connectivity index (χ0v) is 19.9. The SMILES string of the molecule is Cc1cc(-c2cccc(NS(C)(=O)=O)c2)c(Cl)cc1C1=C(O)C2(CCCCCC2)CC1=O. The Morgan fingerprint density at radius 2 is 1.72 bits per heavy atom. The molecule has 0 radical (unpaired) electrons. The van der Waals surface area contributed by atoms with Crippen LogP contribution in [0.1, 0.15) is 56.1 Å². The van der Waals surface area contributed by atoms with Gasteiger partial charge in [0.2, 0.25) is 10.0 Å². The Morgan fingerprint density at radius 1 is 1.03 bits per heavy atom. The van der Waals surface area contributed by atoms with Crippen molar-refractivity contribution in [3.8, 4) is 11.1 Å². The molecule has 5 nitrogen and oxygen atoms in total. The van der Waals surface area contributed by atoms with Crippen molar-refractivity contribution in [2.24, 2.45) is 5.41 Å². The Morgan fingerprint density at radius 3 is 2.38 bits per heavy atom. The zero-order valence-electron chi connectivity index (χ0n) is 18.4. The van der Waals surface area contributed by atoms with Gasteiger partial charge in [0.15, 0.2) is 5.78 Å². The zero-order chi connectivity index (χ0) is 23.1.